The molecular weight excluding hydrogens is 400 g/mol. The number of carbonyl (C=O) groups is 2. The summed E-state index contributed by atoms with van der Waals surface area (Å²) in [5.74, 6) is -0.598. The van der Waals surface area contributed by atoms with E-state index in [4.69, 9.17) is 4.74 Å². The van der Waals surface area contributed by atoms with Crippen LogP contribution in [0.4, 0.5) is 0 Å². The second kappa shape index (κ2) is 16.7. The highest BCUT2D eigenvalue weighted by atomic mass is 16.5. The Morgan fingerprint density at radius 2 is 1.16 bits per heavy atom. The van der Waals surface area contributed by atoms with Crippen LogP contribution < -0.4 is 0 Å². The first-order valence-electron chi connectivity index (χ1n) is 12.9. The van der Waals surface area contributed by atoms with Crippen molar-refractivity contribution in [2.24, 2.45) is 11.8 Å². The van der Waals surface area contributed by atoms with Crippen LogP contribution in [0.15, 0.2) is 24.3 Å². The normalized spacial score (nSPS) is 12.3. The van der Waals surface area contributed by atoms with Crippen LogP contribution in [0.5, 0.6) is 0 Å². The molecule has 0 heterocycles. The van der Waals surface area contributed by atoms with Gasteiger partial charge in [0.2, 0.25) is 0 Å². The molecular formula is C28H46O4. The standard InChI is InChI=1S/C28H46O4/c1-22(2)18-14-12-10-8-6-5-7-9-11-13-15-21-26(23(3)4)32-28(31)25-20-17-16-19-24(25)27(29)30/h16-17,19-20,22-23,26H,5-15,18,21H2,1-4H3,(H,29,30). The zero-order chi connectivity index (χ0) is 23.8. The zero-order valence-electron chi connectivity index (χ0n) is 20.9. The van der Waals surface area contributed by atoms with E-state index in [1.165, 1.54) is 76.3 Å². The summed E-state index contributed by atoms with van der Waals surface area (Å²) in [5.41, 5.74) is 0.126. The van der Waals surface area contributed by atoms with Crippen molar-refractivity contribution in [3.63, 3.8) is 0 Å². The van der Waals surface area contributed by atoms with Crippen molar-refractivity contribution in [2.75, 3.05) is 0 Å². The lowest BCUT2D eigenvalue weighted by atomic mass is 9.99. The number of carbonyl (C=O) groups excluding carboxylic acids is 1. The number of rotatable bonds is 18. The van der Waals surface area contributed by atoms with Crippen LogP contribution in [-0.2, 0) is 4.74 Å². The Morgan fingerprint density at radius 3 is 1.59 bits per heavy atom. The van der Waals surface area contributed by atoms with Crippen molar-refractivity contribution in [3.05, 3.63) is 35.4 Å². The lowest BCUT2D eigenvalue weighted by Gasteiger charge is -2.22. The Bertz CT molecular complexity index is 651. The maximum Gasteiger partial charge on any atom is 0.339 e. The van der Waals surface area contributed by atoms with Crippen LogP contribution in [0.25, 0.3) is 0 Å². The van der Waals surface area contributed by atoms with Crippen LogP contribution in [0.1, 0.15) is 132 Å². The average molecular weight is 447 g/mol. The summed E-state index contributed by atoms with van der Waals surface area (Å²) in [5, 5.41) is 9.29. The molecule has 0 bridgehead atoms. The first-order valence-corrected chi connectivity index (χ1v) is 12.9. The Kier molecular flexibility index (Phi) is 14.8. The summed E-state index contributed by atoms with van der Waals surface area (Å²) in [4.78, 5) is 23.9. The van der Waals surface area contributed by atoms with Gasteiger partial charge in [-0.2, -0.15) is 0 Å². The highest BCUT2D eigenvalue weighted by molar-refractivity contribution is 6.02. The van der Waals surface area contributed by atoms with Crippen LogP contribution in [-0.4, -0.2) is 23.1 Å². The first-order chi connectivity index (χ1) is 15.3. The van der Waals surface area contributed by atoms with Crippen molar-refractivity contribution >= 4 is 11.9 Å². The van der Waals surface area contributed by atoms with Crippen molar-refractivity contribution < 1.29 is 19.4 Å². The minimum atomic E-state index is -1.11. The van der Waals surface area contributed by atoms with Crippen molar-refractivity contribution in [3.8, 4) is 0 Å². The number of aromatic carboxylic acids is 1. The first kappa shape index (κ1) is 28.2. The third-order valence-electron chi connectivity index (χ3n) is 6.15. The maximum absolute atomic E-state index is 12.5. The fourth-order valence-electron chi connectivity index (χ4n) is 4.07. The van der Waals surface area contributed by atoms with Crippen LogP contribution >= 0.6 is 0 Å². The second-order valence-corrected chi connectivity index (χ2v) is 9.90. The topological polar surface area (TPSA) is 63.6 Å². The fraction of sp³-hybridized carbons (Fsp3) is 0.714. The van der Waals surface area contributed by atoms with Gasteiger partial charge < -0.3 is 9.84 Å². The Labute approximate surface area is 196 Å². The number of benzene rings is 1. The Hall–Kier alpha value is -1.84. The van der Waals surface area contributed by atoms with E-state index in [0.717, 1.165) is 25.2 Å². The number of hydrogen-bond donors (Lipinski definition) is 1. The highest BCUT2D eigenvalue weighted by Crippen LogP contribution is 2.20. The number of carboxylic acid groups (broad SMARTS) is 1. The number of esters is 1. The van der Waals surface area contributed by atoms with Gasteiger partial charge in [0.25, 0.3) is 0 Å². The molecule has 0 amide bonds. The van der Waals surface area contributed by atoms with Gasteiger partial charge in [0.05, 0.1) is 11.1 Å². The van der Waals surface area contributed by atoms with E-state index < -0.39 is 11.9 Å². The smallest absolute Gasteiger partial charge is 0.339 e. The number of ether oxygens (including phenoxy) is 1. The van der Waals surface area contributed by atoms with Gasteiger partial charge >= 0.3 is 11.9 Å². The molecule has 0 saturated heterocycles. The molecule has 0 aliphatic carbocycles. The third-order valence-corrected chi connectivity index (χ3v) is 6.15. The summed E-state index contributed by atoms with van der Waals surface area (Å²) in [6.07, 6.45) is 16.3. The maximum atomic E-state index is 12.5. The third kappa shape index (κ3) is 12.3. The molecule has 4 heteroatoms. The largest absolute Gasteiger partial charge is 0.478 e. The minimum Gasteiger partial charge on any atom is -0.478 e. The SMILES string of the molecule is CC(C)CCCCCCCCCCCCCC(OC(=O)c1ccccc1C(=O)O)C(C)C. The molecule has 1 aromatic rings. The number of hydrogen-bond acceptors (Lipinski definition) is 3. The highest BCUT2D eigenvalue weighted by Gasteiger charge is 2.22. The summed E-state index contributed by atoms with van der Waals surface area (Å²) in [6, 6.07) is 6.25. The molecule has 4 nitrogen and oxygen atoms in total. The molecule has 0 saturated carbocycles. The second-order valence-electron chi connectivity index (χ2n) is 9.90. The van der Waals surface area contributed by atoms with Gasteiger partial charge in [-0.1, -0.05) is 110 Å². The predicted octanol–water partition coefficient (Wildman–Crippen LogP) is 8.29. The summed E-state index contributed by atoms with van der Waals surface area (Å²) >= 11 is 0. The van der Waals surface area contributed by atoms with E-state index in [1.54, 1.807) is 12.1 Å². The molecule has 0 spiro atoms. The number of unbranched alkanes of at least 4 members (excludes halogenated alkanes) is 10. The molecule has 1 unspecified atom stereocenters. The lowest BCUT2D eigenvalue weighted by Crippen LogP contribution is -2.24. The van der Waals surface area contributed by atoms with Crippen molar-refractivity contribution in [2.45, 2.75) is 117 Å². The van der Waals surface area contributed by atoms with Gasteiger partial charge in [0.1, 0.15) is 6.10 Å². The van der Waals surface area contributed by atoms with Crippen molar-refractivity contribution in [1.82, 2.24) is 0 Å². The van der Waals surface area contributed by atoms with Crippen LogP contribution in [0, 0.1) is 11.8 Å². The molecule has 0 aliphatic heterocycles. The molecule has 0 fully saturated rings. The van der Waals surface area contributed by atoms with Crippen LogP contribution in [0.3, 0.4) is 0 Å². The van der Waals surface area contributed by atoms with E-state index in [2.05, 4.69) is 13.8 Å². The quantitative estimate of drug-likeness (QED) is 0.182. The van der Waals surface area contributed by atoms with E-state index in [9.17, 15) is 14.7 Å². The van der Waals surface area contributed by atoms with Gasteiger partial charge in [0, 0.05) is 0 Å². The van der Waals surface area contributed by atoms with E-state index in [1.807, 2.05) is 13.8 Å². The Balaban J connectivity index is 2.17. The Morgan fingerprint density at radius 1 is 0.719 bits per heavy atom. The molecule has 1 rings (SSSR count). The van der Waals surface area contributed by atoms with E-state index >= 15 is 0 Å². The van der Waals surface area contributed by atoms with Crippen LogP contribution in [0.2, 0.25) is 0 Å². The van der Waals surface area contributed by atoms with Gasteiger partial charge in [-0.15, -0.1) is 0 Å². The number of carboxylic acids is 1. The molecule has 0 radical (unpaired) electrons. The lowest BCUT2D eigenvalue weighted by molar-refractivity contribution is 0.0147. The molecule has 32 heavy (non-hydrogen) atoms. The monoisotopic (exact) mass is 446 g/mol. The fourth-order valence-corrected chi connectivity index (χ4v) is 4.07. The summed E-state index contributed by atoms with van der Waals surface area (Å²) < 4.78 is 5.70. The molecule has 1 aromatic carbocycles. The predicted molar refractivity (Wildman–Crippen MR) is 132 cm³/mol. The van der Waals surface area contributed by atoms with Gasteiger partial charge in [-0.05, 0) is 36.8 Å². The zero-order valence-corrected chi connectivity index (χ0v) is 20.9. The van der Waals surface area contributed by atoms with E-state index in [-0.39, 0.29) is 23.1 Å². The minimum absolute atomic E-state index is 0.00411. The molecule has 0 aromatic heterocycles. The summed E-state index contributed by atoms with van der Waals surface area (Å²) in [6.45, 7) is 8.70. The van der Waals surface area contributed by atoms with Gasteiger partial charge in [-0.25, -0.2) is 9.59 Å². The molecule has 0 aliphatic rings. The molecule has 1 atom stereocenters. The van der Waals surface area contributed by atoms with E-state index in [0.29, 0.717) is 0 Å². The average Bonchev–Trinajstić information content (AvgIpc) is 2.75. The summed E-state index contributed by atoms with van der Waals surface area (Å²) in [7, 11) is 0. The van der Waals surface area contributed by atoms with Gasteiger partial charge in [0.15, 0.2) is 0 Å². The van der Waals surface area contributed by atoms with Crippen molar-refractivity contribution in [1.29, 1.82) is 0 Å². The van der Waals surface area contributed by atoms with Gasteiger partial charge in [-0.3, -0.25) is 0 Å². The molecule has 182 valence electrons. The molecule has 1 N–H and O–H groups in total.